The normalized spacial score (nSPS) is 14.9. The molecule has 9 nitrogen and oxygen atoms in total. The average Bonchev–Trinajstić information content (AvgIpc) is 2.84. The number of hydrogen-bond donors (Lipinski definition) is 1. The fourth-order valence-corrected chi connectivity index (χ4v) is 5.80. The molecule has 1 aliphatic rings. The Morgan fingerprint density at radius 2 is 1.76 bits per heavy atom. The van der Waals surface area contributed by atoms with Crippen LogP contribution < -0.4 is 10.6 Å². The van der Waals surface area contributed by atoms with E-state index >= 15 is 0 Å². The Balaban J connectivity index is 1.76. The molecule has 208 valence electrons. The number of carbonyl (C=O) groups is 2. The summed E-state index contributed by atoms with van der Waals surface area (Å²) in [6.07, 6.45) is -0.316. The Kier molecular flexibility index (Phi) is 9.39. The average molecular weight is 630 g/mol. The van der Waals surface area contributed by atoms with Crippen LogP contribution in [0.1, 0.15) is 43.6 Å². The van der Waals surface area contributed by atoms with Crippen molar-refractivity contribution in [3.05, 3.63) is 51.0 Å². The van der Waals surface area contributed by atoms with Crippen LogP contribution in [0.4, 0.5) is 16.2 Å². The van der Waals surface area contributed by atoms with Crippen molar-refractivity contribution >= 4 is 60.7 Å². The van der Waals surface area contributed by atoms with E-state index < -0.39 is 21.3 Å². The van der Waals surface area contributed by atoms with Crippen LogP contribution >= 0.6 is 27.5 Å². The van der Waals surface area contributed by atoms with Crippen LogP contribution in [0.5, 0.6) is 0 Å². The van der Waals surface area contributed by atoms with Gasteiger partial charge in [-0.1, -0.05) is 34.5 Å². The number of nitrogens with zero attached hydrogens (tertiary/aromatic N) is 3. The molecule has 0 aromatic heterocycles. The monoisotopic (exact) mass is 628 g/mol. The van der Waals surface area contributed by atoms with E-state index in [4.69, 9.17) is 22.1 Å². The van der Waals surface area contributed by atoms with E-state index in [0.717, 1.165) is 5.56 Å². The highest BCUT2D eigenvalue weighted by atomic mass is 79.9. The Morgan fingerprint density at radius 3 is 2.34 bits per heavy atom. The predicted molar refractivity (Wildman–Crippen MR) is 154 cm³/mol. The molecule has 0 saturated carbocycles. The molecule has 2 aromatic carbocycles. The molecule has 0 radical (unpaired) electrons. The number of sulfone groups is 1. The first kappa shape index (κ1) is 30.2. The van der Waals surface area contributed by atoms with Gasteiger partial charge in [0.15, 0.2) is 9.84 Å². The Hall–Kier alpha value is -2.34. The van der Waals surface area contributed by atoms with Crippen molar-refractivity contribution in [3.8, 4) is 0 Å². The third kappa shape index (κ3) is 7.19. The molecule has 0 unspecified atom stereocenters. The summed E-state index contributed by atoms with van der Waals surface area (Å²) in [5, 5.41) is 0.311. The Bertz CT molecular complexity index is 1320. The number of anilines is 2. The van der Waals surface area contributed by atoms with Crippen molar-refractivity contribution in [1.29, 1.82) is 0 Å². The van der Waals surface area contributed by atoms with Crippen molar-refractivity contribution in [1.82, 2.24) is 9.80 Å². The summed E-state index contributed by atoms with van der Waals surface area (Å²) >= 11 is 9.70. The number of carbonyl (C=O) groups excluding carboxylic acids is 2. The van der Waals surface area contributed by atoms with Crippen molar-refractivity contribution in [2.45, 2.75) is 44.7 Å². The highest BCUT2D eigenvalue weighted by Crippen LogP contribution is 2.32. The zero-order valence-corrected chi connectivity index (χ0v) is 25.4. The van der Waals surface area contributed by atoms with Gasteiger partial charge < -0.3 is 20.3 Å². The van der Waals surface area contributed by atoms with Crippen LogP contribution in [0, 0.1) is 0 Å². The maximum Gasteiger partial charge on any atom is 0.410 e. The van der Waals surface area contributed by atoms with E-state index in [1.807, 2.05) is 20.8 Å². The number of ether oxygens (including phenoxy) is 1. The zero-order valence-electron chi connectivity index (χ0n) is 22.3. The summed E-state index contributed by atoms with van der Waals surface area (Å²) in [7, 11) is -2.10. The molecular formula is C26H34BrClN4O5S. The third-order valence-electron chi connectivity index (χ3n) is 6.17. The lowest BCUT2D eigenvalue weighted by molar-refractivity contribution is 0.0139. The molecule has 1 fully saturated rings. The van der Waals surface area contributed by atoms with Crippen LogP contribution in [0.3, 0.4) is 0 Å². The second-order valence-corrected chi connectivity index (χ2v) is 13.7. The SMILES string of the molecule is CCS(=O)(=O)c1ccc(Cl)cc1N(C)C(=O)c1cc(Br)c(CN2CCN(C(=O)OC(C)(C)C)CC2)cc1N. The van der Waals surface area contributed by atoms with Gasteiger partial charge in [0.25, 0.3) is 5.91 Å². The van der Waals surface area contributed by atoms with Crippen LogP contribution in [0.25, 0.3) is 0 Å². The molecule has 1 aliphatic heterocycles. The summed E-state index contributed by atoms with van der Waals surface area (Å²) in [6, 6.07) is 7.74. The first-order valence-corrected chi connectivity index (χ1v) is 15.0. The molecule has 2 aromatic rings. The lowest BCUT2D eigenvalue weighted by Gasteiger charge is -2.35. The number of nitrogens with two attached hydrogens (primary N) is 1. The van der Waals surface area contributed by atoms with Gasteiger partial charge >= 0.3 is 6.09 Å². The van der Waals surface area contributed by atoms with Gasteiger partial charge in [-0.25, -0.2) is 13.2 Å². The van der Waals surface area contributed by atoms with Crippen molar-refractivity contribution in [3.63, 3.8) is 0 Å². The van der Waals surface area contributed by atoms with Gasteiger partial charge in [0.1, 0.15) is 5.60 Å². The van der Waals surface area contributed by atoms with Gasteiger partial charge in [-0.2, -0.15) is 0 Å². The zero-order chi connectivity index (χ0) is 28.4. The van der Waals surface area contributed by atoms with Crippen molar-refractivity contribution in [2.75, 3.05) is 49.6 Å². The molecule has 0 spiro atoms. The van der Waals surface area contributed by atoms with Gasteiger partial charge in [0, 0.05) is 55.0 Å². The molecule has 0 bridgehead atoms. The van der Waals surface area contributed by atoms with E-state index in [-0.39, 0.29) is 33.7 Å². The predicted octanol–water partition coefficient (Wildman–Crippen LogP) is 4.81. The number of rotatable bonds is 6. The molecule has 38 heavy (non-hydrogen) atoms. The van der Waals surface area contributed by atoms with Gasteiger partial charge in [-0.3, -0.25) is 9.69 Å². The maximum atomic E-state index is 13.4. The van der Waals surface area contributed by atoms with Gasteiger partial charge in [0.05, 0.1) is 21.9 Å². The molecule has 3 rings (SSSR count). The molecule has 0 aliphatic carbocycles. The van der Waals surface area contributed by atoms with E-state index in [2.05, 4.69) is 20.8 Å². The fourth-order valence-electron chi connectivity index (χ4n) is 4.06. The fraction of sp³-hybridized carbons (Fsp3) is 0.462. The quantitative estimate of drug-likeness (QED) is 0.457. The van der Waals surface area contributed by atoms with Gasteiger partial charge in [-0.15, -0.1) is 0 Å². The summed E-state index contributed by atoms with van der Waals surface area (Å²) < 4.78 is 31.4. The number of nitrogen functional groups attached to an aromatic ring is 1. The maximum absolute atomic E-state index is 13.4. The van der Waals surface area contributed by atoms with Gasteiger partial charge in [-0.05, 0) is 56.7 Å². The molecule has 1 heterocycles. The molecule has 1 saturated heterocycles. The number of halogens is 2. The first-order valence-electron chi connectivity index (χ1n) is 12.2. The minimum atomic E-state index is -3.60. The minimum Gasteiger partial charge on any atom is -0.444 e. The molecule has 2 amide bonds. The van der Waals surface area contributed by atoms with Crippen LogP contribution in [0.2, 0.25) is 5.02 Å². The minimum absolute atomic E-state index is 0.0278. The second-order valence-electron chi connectivity index (χ2n) is 10.2. The number of piperazine rings is 1. The number of hydrogen-bond acceptors (Lipinski definition) is 7. The summed E-state index contributed by atoms with van der Waals surface area (Å²) in [4.78, 5) is 30.9. The van der Waals surface area contributed by atoms with Gasteiger partial charge in [0.2, 0.25) is 0 Å². The van der Waals surface area contributed by atoms with E-state index in [1.165, 1.54) is 30.1 Å². The second kappa shape index (κ2) is 11.8. The number of amides is 2. The molecular weight excluding hydrogens is 596 g/mol. The summed E-state index contributed by atoms with van der Waals surface area (Å²) in [5.74, 6) is -0.575. The summed E-state index contributed by atoms with van der Waals surface area (Å²) in [6.45, 7) is 10.1. The Morgan fingerprint density at radius 1 is 1.13 bits per heavy atom. The van der Waals surface area contributed by atoms with Crippen molar-refractivity contribution in [2.24, 2.45) is 0 Å². The number of benzene rings is 2. The highest BCUT2D eigenvalue weighted by molar-refractivity contribution is 9.10. The lowest BCUT2D eigenvalue weighted by atomic mass is 10.1. The van der Waals surface area contributed by atoms with Crippen LogP contribution in [-0.4, -0.2) is 74.8 Å². The highest BCUT2D eigenvalue weighted by Gasteiger charge is 2.28. The molecule has 2 N–H and O–H groups in total. The lowest BCUT2D eigenvalue weighted by Crippen LogP contribution is -2.49. The van der Waals surface area contributed by atoms with E-state index in [1.54, 1.807) is 24.0 Å². The van der Waals surface area contributed by atoms with Crippen molar-refractivity contribution < 1.29 is 22.7 Å². The summed E-state index contributed by atoms with van der Waals surface area (Å²) in [5.41, 5.74) is 7.36. The standard InChI is InChI=1S/C26H34BrClN4O5S/c1-6-38(35,36)23-8-7-18(28)14-22(23)30(5)24(33)19-15-20(27)17(13-21(19)29)16-31-9-11-32(12-10-31)25(34)37-26(2,3)4/h7-8,13-15H,6,9-12,16,29H2,1-5H3. The van der Waals surface area contributed by atoms with E-state index in [9.17, 15) is 18.0 Å². The molecule has 12 heteroatoms. The first-order chi connectivity index (χ1) is 17.6. The smallest absolute Gasteiger partial charge is 0.410 e. The molecule has 0 atom stereocenters. The third-order valence-corrected chi connectivity index (χ3v) is 8.92. The van der Waals surface area contributed by atoms with Crippen LogP contribution in [-0.2, 0) is 21.1 Å². The topological polar surface area (TPSA) is 113 Å². The van der Waals surface area contributed by atoms with Crippen LogP contribution in [0.15, 0.2) is 39.7 Å². The van der Waals surface area contributed by atoms with E-state index in [0.29, 0.717) is 42.2 Å². The Labute approximate surface area is 237 Å². The largest absolute Gasteiger partial charge is 0.444 e.